The van der Waals surface area contributed by atoms with E-state index in [1.54, 1.807) is 0 Å². The summed E-state index contributed by atoms with van der Waals surface area (Å²) in [4.78, 5) is 18.7. The van der Waals surface area contributed by atoms with E-state index in [-0.39, 0.29) is 5.91 Å². The predicted molar refractivity (Wildman–Crippen MR) is 95.0 cm³/mol. The molecular weight excluding hydrogens is 318 g/mol. The van der Waals surface area contributed by atoms with Gasteiger partial charge in [0.25, 0.3) is 0 Å². The summed E-state index contributed by atoms with van der Waals surface area (Å²) in [5, 5.41) is 10.7. The molecular formula is C18H31N5O2. The third kappa shape index (κ3) is 5.78. The molecule has 140 valence electrons. The fourth-order valence-corrected chi connectivity index (χ4v) is 3.82. The normalized spacial score (nSPS) is 22.4. The Kier molecular flexibility index (Phi) is 6.81. The topological polar surface area (TPSA) is 83.3 Å². The molecule has 1 saturated heterocycles. The Labute approximate surface area is 149 Å². The van der Waals surface area contributed by atoms with Gasteiger partial charge in [-0.05, 0) is 32.2 Å². The molecule has 0 radical (unpaired) electrons. The van der Waals surface area contributed by atoms with Crippen LogP contribution in [0, 0.1) is 0 Å². The number of likely N-dealkylation sites (tertiary alicyclic amines) is 1. The smallest absolute Gasteiger partial charge is 0.226 e. The lowest BCUT2D eigenvalue weighted by atomic mass is 10.1. The van der Waals surface area contributed by atoms with Crippen molar-refractivity contribution in [3.05, 3.63) is 11.7 Å². The van der Waals surface area contributed by atoms with E-state index in [0.717, 1.165) is 64.1 Å². The third-order valence-corrected chi connectivity index (χ3v) is 5.19. The fraction of sp³-hybridized carbons (Fsp3) is 0.833. The quantitative estimate of drug-likeness (QED) is 0.742. The van der Waals surface area contributed by atoms with Gasteiger partial charge in [-0.3, -0.25) is 9.69 Å². The molecule has 2 N–H and O–H groups in total. The zero-order chi connectivity index (χ0) is 17.5. The molecule has 1 aliphatic heterocycles. The molecule has 1 amide bonds. The summed E-state index contributed by atoms with van der Waals surface area (Å²) >= 11 is 0. The largest absolute Gasteiger partial charge is 0.353 e. The highest BCUT2D eigenvalue weighted by atomic mass is 16.5. The van der Waals surface area contributed by atoms with E-state index in [1.165, 1.54) is 12.8 Å². The van der Waals surface area contributed by atoms with Crippen LogP contribution in [-0.2, 0) is 17.8 Å². The van der Waals surface area contributed by atoms with Crippen molar-refractivity contribution < 1.29 is 9.32 Å². The highest BCUT2D eigenvalue weighted by molar-refractivity contribution is 5.76. The van der Waals surface area contributed by atoms with Crippen LogP contribution in [0.2, 0.25) is 0 Å². The second-order valence-electron chi connectivity index (χ2n) is 7.29. The van der Waals surface area contributed by atoms with Crippen LogP contribution in [0.1, 0.15) is 63.6 Å². The molecule has 2 aliphatic rings. The number of amides is 1. The van der Waals surface area contributed by atoms with Gasteiger partial charge in [0.1, 0.15) is 0 Å². The van der Waals surface area contributed by atoms with Crippen molar-refractivity contribution in [1.82, 2.24) is 25.7 Å². The summed E-state index contributed by atoms with van der Waals surface area (Å²) in [5.41, 5.74) is 0. The third-order valence-electron chi connectivity index (χ3n) is 5.19. The molecule has 7 nitrogen and oxygen atoms in total. The van der Waals surface area contributed by atoms with Gasteiger partial charge in [-0.2, -0.15) is 4.98 Å². The van der Waals surface area contributed by atoms with Gasteiger partial charge >= 0.3 is 0 Å². The second kappa shape index (κ2) is 9.29. The number of aryl methyl sites for hydroxylation is 1. The van der Waals surface area contributed by atoms with Crippen molar-refractivity contribution >= 4 is 5.91 Å². The number of hydrogen-bond donors (Lipinski definition) is 2. The molecule has 7 heteroatoms. The van der Waals surface area contributed by atoms with Crippen LogP contribution in [0.4, 0.5) is 0 Å². The fourth-order valence-electron chi connectivity index (χ4n) is 3.82. The summed E-state index contributed by atoms with van der Waals surface area (Å²) in [6.07, 6.45) is 8.46. The maximum Gasteiger partial charge on any atom is 0.226 e. The summed E-state index contributed by atoms with van der Waals surface area (Å²) in [6, 6.07) is 0.853. The number of carbonyl (C=O) groups is 1. The first-order valence-corrected chi connectivity index (χ1v) is 9.79. The van der Waals surface area contributed by atoms with Gasteiger partial charge < -0.3 is 15.2 Å². The molecule has 0 unspecified atom stereocenters. The standard InChI is InChI=1S/C18H31N5O2/c1-2-18-21-16(22-25-18)13-23-11-5-8-15(12-23)19-10-9-17(24)20-14-6-3-4-7-14/h14-15,19H,2-13H2,1H3,(H,20,24)/t15-/m0/s1. The average molecular weight is 349 g/mol. The lowest BCUT2D eigenvalue weighted by Crippen LogP contribution is -2.46. The van der Waals surface area contributed by atoms with Crippen LogP contribution in [0.15, 0.2) is 4.52 Å². The Morgan fingerprint density at radius 1 is 1.24 bits per heavy atom. The van der Waals surface area contributed by atoms with E-state index >= 15 is 0 Å². The average Bonchev–Trinajstić information content (AvgIpc) is 3.27. The van der Waals surface area contributed by atoms with E-state index in [0.29, 0.717) is 24.4 Å². The molecule has 1 atom stereocenters. The molecule has 0 aromatic carbocycles. The van der Waals surface area contributed by atoms with E-state index < -0.39 is 0 Å². The van der Waals surface area contributed by atoms with Gasteiger partial charge in [0.15, 0.2) is 5.82 Å². The molecule has 1 aromatic rings. The number of nitrogens with one attached hydrogen (secondary N) is 2. The summed E-state index contributed by atoms with van der Waals surface area (Å²) < 4.78 is 5.18. The maximum absolute atomic E-state index is 12.0. The van der Waals surface area contributed by atoms with Gasteiger partial charge in [-0.15, -0.1) is 0 Å². The molecule has 1 aromatic heterocycles. The van der Waals surface area contributed by atoms with E-state index in [2.05, 4.69) is 25.7 Å². The van der Waals surface area contributed by atoms with Gasteiger partial charge in [-0.1, -0.05) is 24.9 Å². The molecule has 3 rings (SSSR count). The SMILES string of the molecule is CCc1nc(CN2CCC[C@H](NCCC(=O)NC3CCCC3)C2)no1. The Morgan fingerprint density at radius 2 is 2.04 bits per heavy atom. The zero-order valence-corrected chi connectivity index (χ0v) is 15.3. The van der Waals surface area contributed by atoms with Crippen LogP contribution in [-0.4, -0.2) is 52.7 Å². The summed E-state index contributed by atoms with van der Waals surface area (Å²) in [5.74, 6) is 1.66. The molecule has 1 aliphatic carbocycles. The van der Waals surface area contributed by atoms with Gasteiger partial charge in [-0.25, -0.2) is 0 Å². The minimum Gasteiger partial charge on any atom is -0.353 e. The maximum atomic E-state index is 12.0. The lowest BCUT2D eigenvalue weighted by molar-refractivity contribution is -0.121. The van der Waals surface area contributed by atoms with Crippen LogP contribution in [0.5, 0.6) is 0 Å². The Bertz CT molecular complexity index is 541. The molecule has 1 saturated carbocycles. The number of piperidine rings is 1. The van der Waals surface area contributed by atoms with Gasteiger partial charge in [0.05, 0.1) is 6.54 Å². The highest BCUT2D eigenvalue weighted by Crippen LogP contribution is 2.17. The predicted octanol–water partition coefficient (Wildman–Crippen LogP) is 1.63. The van der Waals surface area contributed by atoms with Crippen molar-refractivity contribution in [2.24, 2.45) is 0 Å². The first-order chi connectivity index (χ1) is 12.2. The van der Waals surface area contributed by atoms with E-state index in [1.807, 2.05) is 6.92 Å². The number of rotatable bonds is 8. The van der Waals surface area contributed by atoms with Crippen LogP contribution in [0.3, 0.4) is 0 Å². The lowest BCUT2D eigenvalue weighted by Gasteiger charge is -2.32. The monoisotopic (exact) mass is 349 g/mol. The minimum absolute atomic E-state index is 0.186. The second-order valence-corrected chi connectivity index (χ2v) is 7.29. The van der Waals surface area contributed by atoms with Crippen LogP contribution < -0.4 is 10.6 Å². The van der Waals surface area contributed by atoms with Crippen molar-refractivity contribution in [3.63, 3.8) is 0 Å². The van der Waals surface area contributed by atoms with Gasteiger partial charge in [0.2, 0.25) is 11.8 Å². The highest BCUT2D eigenvalue weighted by Gasteiger charge is 2.22. The molecule has 2 heterocycles. The first-order valence-electron chi connectivity index (χ1n) is 9.79. The van der Waals surface area contributed by atoms with E-state index in [9.17, 15) is 4.79 Å². The van der Waals surface area contributed by atoms with Crippen LogP contribution >= 0.6 is 0 Å². The molecule has 0 spiro atoms. The zero-order valence-electron chi connectivity index (χ0n) is 15.3. The number of carbonyl (C=O) groups excluding carboxylic acids is 1. The van der Waals surface area contributed by atoms with E-state index in [4.69, 9.17) is 4.52 Å². The van der Waals surface area contributed by atoms with Crippen molar-refractivity contribution in [2.75, 3.05) is 19.6 Å². The summed E-state index contributed by atoms with van der Waals surface area (Å²) in [7, 11) is 0. The van der Waals surface area contributed by atoms with Gasteiger partial charge in [0, 0.05) is 38.0 Å². The van der Waals surface area contributed by atoms with Crippen molar-refractivity contribution in [1.29, 1.82) is 0 Å². The Morgan fingerprint density at radius 3 is 2.80 bits per heavy atom. The molecule has 0 bridgehead atoms. The minimum atomic E-state index is 0.186. The van der Waals surface area contributed by atoms with Crippen molar-refractivity contribution in [2.45, 2.75) is 76.9 Å². The Balaban J connectivity index is 1.34. The summed E-state index contributed by atoms with van der Waals surface area (Å²) in [6.45, 7) is 5.54. The number of hydrogen-bond acceptors (Lipinski definition) is 6. The molecule has 25 heavy (non-hydrogen) atoms. The first kappa shape index (κ1) is 18.3. The number of aromatic nitrogens is 2. The number of nitrogens with zero attached hydrogens (tertiary/aromatic N) is 3. The van der Waals surface area contributed by atoms with Crippen LogP contribution in [0.25, 0.3) is 0 Å². The van der Waals surface area contributed by atoms with Crippen molar-refractivity contribution in [3.8, 4) is 0 Å². The Hall–Kier alpha value is -1.47. The molecule has 2 fully saturated rings.